The summed E-state index contributed by atoms with van der Waals surface area (Å²) in [5.41, 5.74) is -0.137. The van der Waals surface area contributed by atoms with Crippen LogP contribution in [0.25, 0.3) is 11.2 Å². The number of morpholine rings is 1. The third-order valence-corrected chi connectivity index (χ3v) is 5.77. The maximum Gasteiger partial charge on any atom is 0.256 e. The standard InChI is InChI=1S/C20H21FN6O5/c21-6-7-31-27-8-20(9-28)15(29)14(27)19(32-20)26-11-24-13-16(22-10-23-17(13)26)25-18(30)12-4-2-1-3-5-12/h1-5,10-11,14-15,19,28-29H,6-9H2,(H,22,23,25,30)/t14-,15+,19-,20-/m1/s1. The van der Waals surface area contributed by atoms with Gasteiger partial charge >= 0.3 is 0 Å². The molecule has 0 aliphatic carbocycles. The summed E-state index contributed by atoms with van der Waals surface area (Å²) in [6, 6.07) is 7.96. The number of hydroxylamine groups is 2. The number of aliphatic hydroxyl groups excluding tert-OH is 2. The van der Waals surface area contributed by atoms with Crippen LogP contribution in [0.2, 0.25) is 0 Å². The topological polar surface area (TPSA) is 135 Å². The number of imidazole rings is 1. The summed E-state index contributed by atoms with van der Waals surface area (Å²) in [4.78, 5) is 30.7. The molecule has 1 aromatic carbocycles. The van der Waals surface area contributed by atoms with Crippen molar-refractivity contribution in [3.63, 3.8) is 0 Å². The molecule has 168 valence electrons. The summed E-state index contributed by atoms with van der Waals surface area (Å²) in [6.45, 7) is -1.23. The lowest BCUT2D eigenvalue weighted by Gasteiger charge is -2.35. The lowest BCUT2D eigenvalue weighted by atomic mass is 10.0. The van der Waals surface area contributed by atoms with E-state index in [4.69, 9.17) is 9.57 Å². The van der Waals surface area contributed by atoms with Gasteiger partial charge in [-0.25, -0.2) is 19.3 Å². The number of benzene rings is 1. The highest BCUT2D eigenvalue weighted by atomic mass is 19.1. The van der Waals surface area contributed by atoms with Crippen LogP contribution in [-0.4, -0.2) is 84.9 Å². The van der Waals surface area contributed by atoms with Crippen LogP contribution in [-0.2, 0) is 9.57 Å². The van der Waals surface area contributed by atoms with Crippen molar-refractivity contribution in [3.05, 3.63) is 48.5 Å². The Hall–Kier alpha value is -3.03. The lowest BCUT2D eigenvalue weighted by Crippen LogP contribution is -2.48. The molecule has 32 heavy (non-hydrogen) atoms. The first kappa shape index (κ1) is 20.8. The Morgan fingerprint density at radius 1 is 1.31 bits per heavy atom. The second-order valence-electron chi connectivity index (χ2n) is 7.63. The van der Waals surface area contributed by atoms with Crippen molar-refractivity contribution in [3.8, 4) is 0 Å². The zero-order chi connectivity index (χ0) is 22.3. The molecule has 0 saturated carbocycles. The van der Waals surface area contributed by atoms with Crippen LogP contribution in [0, 0.1) is 0 Å². The fourth-order valence-electron chi connectivity index (χ4n) is 4.23. The van der Waals surface area contributed by atoms with Crippen LogP contribution in [0.3, 0.4) is 0 Å². The van der Waals surface area contributed by atoms with Gasteiger partial charge in [-0.05, 0) is 12.1 Å². The van der Waals surface area contributed by atoms with E-state index in [1.54, 1.807) is 28.8 Å². The van der Waals surface area contributed by atoms with E-state index in [0.717, 1.165) is 0 Å². The number of carbonyl (C=O) groups is 1. The Morgan fingerprint density at radius 2 is 2.12 bits per heavy atom. The summed E-state index contributed by atoms with van der Waals surface area (Å²) in [5.74, 6) is -0.134. The van der Waals surface area contributed by atoms with Gasteiger partial charge in [-0.1, -0.05) is 18.2 Å². The first-order valence-corrected chi connectivity index (χ1v) is 10.0. The number of nitrogens with zero attached hydrogens (tertiary/aromatic N) is 5. The van der Waals surface area contributed by atoms with Crippen molar-refractivity contribution in [2.75, 3.05) is 31.7 Å². The summed E-state index contributed by atoms with van der Waals surface area (Å²) < 4.78 is 20.2. The van der Waals surface area contributed by atoms with E-state index in [1.807, 2.05) is 6.07 Å². The van der Waals surface area contributed by atoms with Crippen LogP contribution in [0.15, 0.2) is 43.0 Å². The molecular formula is C20H21FN6O5. The highest BCUT2D eigenvalue weighted by molar-refractivity contribution is 6.06. The van der Waals surface area contributed by atoms with Gasteiger partial charge in [-0.2, -0.15) is 5.06 Å². The Bertz CT molecular complexity index is 1130. The van der Waals surface area contributed by atoms with E-state index in [-0.39, 0.29) is 24.9 Å². The van der Waals surface area contributed by atoms with Crippen molar-refractivity contribution >= 4 is 22.9 Å². The molecule has 2 bridgehead atoms. The number of alkyl halides is 1. The molecule has 5 rings (SSSR count). The van der Waals surface area contributed by atoms with Crippen molar-refractivity contribution in [2.24, 2.45) is 0 Å². The maximum atomic E-state index is 12.7. The number of ether oxygens (including phenoxy) is 1. The first-order valence-electron chi connectivity index (χ1n) is 10.0. The van der Waals surface area contributed by atoms with Crippen LogP contribution in [0.5, 0.6) is 0 Å². The molecular weight excluding hydrogens is 423 g/mol. The summed E-state index contributed by atoms with van der Waals surface area (Å²) >= 11 is 0. The monoisotopic (exact) mass is 444 g/mol. The first-order chi connectivity index (χ1) is 15.6. The largest absolute Gasteiger partial charge is 0.393 e. The Morgan fingerprint density at radius 3 is 2.84 bits per heavy atom. The van der Waals surface area contributed by atoms with E-state index < -0.39 is 37.3 Å². The van der Waals surface area contributed by atoms with E-state index in [0.29, 0.717) is 16.7 Å². The van der Waals surface area contributed by atoms with Crippen LogP contribution >= 0.6 is 0 Å². The lowest BCUT2D eigenvalue weighted by molar-refractivity contribution is -0.252. The van der Waals surface area contributed by atoms with Gasteiger partial charge in [0.2, 0.25) is 0 Å². The smallest absolute Gasteiger partial charge is 0.256 e. The van der Waals surface area contributed by atoms with Crippen molar-refractivity contribution in [2.45, 2.75) is 24.0 Å². The highest BCUT2D eigenvalue weighted by Gasteiger charge is 2.64. The fourth-order valence-corrected chi connectivity index (χ4v) is 4.23. The molecule has 4 atom stereocenters. The number of fused-ring (bicyclic) bond motifs is 3. The van der Waals surface area contributed by atoms with Gasteiger partial charge in [0.15, 0.2) is 23.2 Å². The normalized spacial score (nSPS) is 27.3. The number of amides is 1. The van der Waals surface area contributed by atoms with Gasteiger partial charge in [-0.3, -0.25) is 14.2 Å². The number of hydrogen-bond acceptors (Lipinski definition) is 9. The predicted molar refractivity (Wildman–Crippen MR) is 108 cm³/mol. The molecule has 11 nitrogen and oxygen atoms in total. The van der Waals surface area contributed by atoms with E-state index in [1.165, 1.54) is 17.7 Å². The predicted octanol–water partition coefficient (Wildman–Crippen LogP) is 0.285. The Balaban J connectivity index is 1.47. The second-order valence-corrected chi connectivity index (χ2v) is 7.63. The summed E-state index contributed by atoms with van der Waals surface area (Å²) in [7, 11) is 0. The minimum absolute atomic E-state index is 0.0891. The van der Waals surface area contributed by atoms with Gasteiger partial charge < -0.3 is 20.3 Å². The number of halogens is 1. The molecule has 0 radical (unpaired) electrons. The quantitative estimate of drug-likeness (QED) is 0.470. The fraction of sp³-hybridized carbons (Fsp3) is 0.400. The van der Waals surface area contributed by atoms with Crippen molar-refractivity contribution < 1.29 is 29.0 Å². The number of hydrogen-bond donors (Lipinski definition) is 3. The minimum Gasteiger partial charge on any atom is -0.393 e. The molecule has 3 aromatic rings. The Kier molecular flexibility index (Phi) is 5.31. The van der Waals surface area contributed by atoms with Gasteiger partial charge in [0.25, 0.3) is 5.91 Å². The number of nitrogens with one attached hydrogen (secondary N) is 1. The molecule has 2 aliphatic rings. The number of carbonyl (C=O) groups excluding carboxylic acids is 1. The number of aliphatic hydroxyl groups is 2. The van der Waals surface area contributed by atoms with Gasteiger partial charge in [0, 0.05) is 5.56 Å². The average molecular weight is 444 g/mol. The Labute approximate surface area is 181 Å². The molecule has 0 unspecified atom stereocenters. The summed E-state index contributed by atoms with van der Waals surface area (Å²) in [6.07, 6.45) is 0.842. The average Bonchev–Trinajstić information content (AvgIpc) is 3.46. The van der Waals surface area contributed by atoms with Crippen LogP contribution in [0.1, 0.15) is 16.6 Å². The molecule has 2 fully saturated rings. The molecule has 12 heteroatoms. The SMILES string of the molecule is O=C(Nc1ncnc2c1ncn2[C@@H]1O[C@@]2(CO)CN(OCCF)[C@@H]1[C@@H]2O)c1ccccc1. The molecule has 2 aliphatic heterocycles. The highest BCUT2D eigenvalue weighted by Crippen LogP contribution is 2.47. The van der Waals surface area contributed by atoms with Gasteiger partial charge in [0.05, 0.1) is 26.1 Å². The molecule has 0 spiro atoms. The van der Waals surface area contributed by atoms with Crippen molar-refractivity contribution in [1.82, 2.24) is 24.6 Å². The van der Waals surface area contributed by atoms with E-state index in [2.05, 4.69) is 20.3 Å². The van der Waals surface area contributed by atoms with E-state index >= 15 is 0 Å². The molecule has 1 amide bonds. The van der Waals surface area contributed by atoms with Crippen LogP contribution < -0.4 is 5.32 Å². The zero-order valence-corrected chi connectivity index (χ0v) is 16.8. The molecule has 2 aromatic heterocycles. The zero-order valence-electron chi connectivity index (χ0n) is 16.8. The number of aromatic nitrogens is 4. The second kappa shape index (κ2) is 8.15. The molecule has 2 saturated heterocycles. The van der Waals surface area contributed by atoms with E-state index in [9.17, 15) is 19.4 Å². The minimum atomic E-state index is -1.28. The van der Waals surface area contributed by atoms with Crippen molar-refractivity contribution in [1.29, 1.82) is 0 Å². The maximum absolute atomic E-state index is 12.7. The molecule has 3 N–H and O–H groups in total. The molecule has 4 heterocycles. The summed E-state index contributed by atoms with van der Waals surface area (Å²) in [5, 5.41) is 24.8. The van der Waals surface area contributed by atoms with Gasteiger partial charge in [-0.15, -0.1) is 0 Å². The number of rotatable bonds is 7. The third kappa shape index (κ3) is 3.24. The van der Waals surface area contributed by atoms with Gasteiger partial charge in [0.1, 0.15) is 30.7 Å². The van der Waals surface area contributed by atoms with Crippen LogP contribution in [0.4, 0.5) is 10.2 Å². The third-order valence-electron chi connectivity index (χ3n) is 5.77. The number of anilines is 1.